The van der Waals surface area contributed by atoms with E-state index < -0.39 is 33.7 Å². The summed E-state index contributed by atoms with van der Waals surface area (Å²) >= 11 is 0. The Bertz CT molecular complexity index is 1200. The Hall–Kier alpha value is -3.27. The van der Waals surface area contributed by atoms with E-state index in [1.54, 1.807) is 13.0 Å². The minimum atomic E-state index is -4.05. The first-order valence-electron chi connectivity index (χ1n) is 11.6. The number of fused-ring (bicyclic) bond motifs is 1. The van der Waals surface area contributed by atoms with Gasteiger partial charge in [-0.3, -0.25) is 14.4 Å². The fraction of sp³-hybridized carbons (Fsp3) is 0.400. The molecule has 188 valence electrons. The normalized spacial score (nSPS) is 15.9. The number of benzene rings is 2. The van der Waals surface area contributed by atoms with Gasteiger partial charge in [0.15, 0.2) is 0 Å². The lowest BCUT2D eigenvalue weighted by molar-refractivity contribution is -0.141. The van der Waals surface area contributed by atoms with Crippen molar-refractivity contribution in [3.8, 4) is 0 Å². The van der Waals surface area contributed by atoms with E-state index in [0.717, 1.165) is 0 Å². The van der Waals surface area contributed by atoms with Crippen molar-refractivity contribution in [2.45, 2.75) is 63.6 Å². The number of halogens is 1. The van der Waals surface area contributed by atoms with E-state index in [1.165, 1.54) is 47.4 Å². The lowest BCUT2D eigenvalue weighted by atomic mass is 10.1. The van der Waals surface area contributed by atoms with E-state index in [-0.39, 0.29) is 41.9 Å². The lowest BCUT2D eigenvalue weighted by Gasteiger charge is -2.32. The highest BCUT2D eigenvalue weighted by atomic mass is 32.2. The van der Waals surface area contributed by atoms with Crippen LogP contribution >= 0.6 is 0 Å². The molecular formula is C25H30FN3O5S. The Balaban J connectivity index is 1.82. The maximum absolute atomic E-state index is 13.4. The number of nitrogens with zero attached hydrogens (tertiary/aromatic N) is 2. The molecule has 0 aromatic heterocycles. The molecule has 1 heterocycles. The summed E-state index contributed by atoms with van der Waals surface area (Å²) in [4.78, 5) is 40.3. The van der Waals surface area contributed by atoms with Crippen LogP contribution in [0.15, 0.2) is 53.4 Å². The smallest absolute Gasteiger partial charge is 0.269 e. The van der Waals surface area contributed by atoms with Gasteiger partial charge in [0.25, 0.3) is 15.9 Å². The molecule has 1 N–H and O–H groups in total. The molecule has 1 aliphatic heterocycles. The molecule has 0 radical (unpaired) electrons. The van der Waals surface area contributed by atoms with Crippen LogP contribution in [0.3, 0.4) is 0 Å². The molecule has 0 spiro atoms. The summed E-state index contributed by atoms with van der Waals surface area (Å²) in [5.41, 5.74) is 0.689. The Kier molecular flexibility index (Phi) is 8.26. The zero-order valence-electron chi connectivity index (χ0n) is 20.0. The highest BCUT2D eigenvalue weighted by molar-refractivity contribution is 7.90. The van der Waals surface area contributed by atoms with Gasteiger partial charge in [0.2, 0.25) is 11.8 Å². The van der Waals surface area contributed by atoms with Gasteiger partial charge < -0.3 is 10.2 Å². The molecular weight excluding hydrogens is 473 g/mol. The molecule has 0 saturated heterocycles. The van der Waals surface area contributed by atoms with Crippen LogP contribution in [0.2, 0.25) is 0 Å². The second-order valence-corrected chi connectivity index (χ2v) is 10.3. The number of amides is 3. The molecule has 3 rings (SSSR count). The number of carbonyl (C=O) groups excluding carboxylic acids is 3. The Labute approximate surface area is 205 Å². The minimum Gasteiger partial charge on any atom is -0.352 e. The molecule has 0 bridgehead atoms. The Morgan fingerprint density at radius 1 is 1.06 bits per heavy atom. The van der Waals surface area contributed by atoms with Crippen LogP contribution in [-0.2, 0) is 26.2 Å². The molecule has 0 aliphatic carbocycles. The van der Waals surface area contributed by atoms with Crippen molar-refractivity contribution < 1.29 is 27.2 Å². The van der Waals surface area contributed by atoms with Gasteiger partial charge in [-0.1, -0.05) is 38.1 Å². The quantitative estimate of drug-likeness (QED) is 0.537. The highest BCUT2D eigenvalue weighted by Gasteiger charge is 2.41. The SMILES string of the molecule is CCC(C)NC(=O)C(CC)N(Cc1ccc(F)cc1)C(=O)CCN1C(=O)c2ccccc2S1(=O)=O. The highest BCUT2D eigenvalue weighted by Crippen LogP contribution is 2.30. The van der Waals surface area contributed by atoms with Crippen LogP contribution in [0.4, 0.5) is 4.39 Å². The Morgan fingerprint density at radius 3 is 2.31 bits per heavy atom. The van der Waals surface area contributed by atoms with Crippen LogP contribution in [-0.4, -0.2) is 54.0 Å². The second-order valence-electron chi connectivity index (χ2n) is 8.52. The molecule has 2 unspecified atom stereocenters. The van der Waals surface area contributed by atoms with Crippen molar-refractivity contribution in [3.05, 3.63) is 65.5 Å². The maximum Gasteiger partial charge on any atom is 0.269 e. The first kappa shape index (κ1) is 26.3. The molecule has 35 heavy (non-hydrogen) atoms. The average Bonchev–Trinajstić information content (AvgIpc) is 3.03. The van der Waals surface area contributed by atoms with Gasteiger partial charge in [-0.2, -0.15) is 0 Å². The maximum atomic E-state index is 13.4. The van der Waals surface area contributed by atoms with Crippen LogP contribution < -0.4 is 5.32 Å². The van der Waals surface area contributed by atoms with Crippen LogP contribution in [0, 0.1) is 5.82 Å². The van der Waals surface area contributed by atoms with E-state index in [9.17, 15) is 27.2 Å². The van der Waals surface area contributed by atoms with Gasteiger partial charge >= 0.3 is 0 Å². The summed E-state index contributed by atoms with van der Waals surface area (Å²) < 4.78 is 39.8. The molecule has 1 aliphatic rings. The van der Waals surface area contributed by atoms with Crippen molar-refractivity contribution >= 4 is 27.7 Å². The number of nitrogens with one attached hydrogen (secondary N) is 1. The molecule has 0 saturated carbocycles. The van der Waals surface area contributed by atoms with Crippen molar-refractivity contribution in [1.29, 1.82) is 0 Å². The summed E-state index contributed by atoms with van der Waals surface area (Å²) in [5, 5.41) is 2.89. The lowest BCUT2D eigenvalue weighted by Crippen LogP contribution is -2.51. The summed E-state index contributed by atoms with van der Waals surface area (Å²) in [5.74, 6) is -1.92. The predicted molar refractivity (Wildman–Crippen MR) is 128 cm³/mol. The number of hydrogen-bond acceptors (Lipinski definition) is 5. The standard InChI is InChI=1S/C25H30FN3O5S/c1-4-17(3)27-24(31)21(5-2)28(16-18-10-12-19(26)13-11-18)23(30)14-15-29-25(32)20-8-6-7-9-22(20)35(29,33)34/h6-13,17,21H,4-5,14-16H2,1-3H3,(H,27,31). The third kappa shape index (κ3) is 5.70. The summed E-state index contributed by atoms with van der Waals surface area (Å²) in [6, 6.07) is 10.6. The van der Waals surface area contributed by atoms with Gasteiger partial charge in [0, 0.05) is 25.6 Å². The first-order chi connectivity index (χ1) is 16.6. The van der Waals surface area contributed by atoms with Crippen molar-refractivity contribution in [2.75, 3.05) is 6.54 Å². The van der Waals surface area contributed by atoms with Crippen molar-refractivity contribution in [2.24, 2.45) is 0 Å². The fourth-order valence-electron chi connectivity index (χ4n) is 3.94. The molecule has 0 fully saturated rings. The summed E-state index contributed by atoms with van der Waals surface area (Å²) in [7, 11) is -4.05. The molecule has 2 atom stereocenters. The number of sulfonamides is 1. The zero-order chi connectivity index (χ0) is 25.8. The van der Waals surface area contributed by atoms with E-state index in [1.807, 2.05) is 13.8 Å². The van der Waals surface area contributed by atoms with Gasteiger partial charge in [-0.05, 0) is 49.6 Å². The van der Waals surface area contributed by atoms with Crippen molar-refractivity contribution in [1.82, 2.24) is 14.5 Å². The fourth-order valence-corrected chi connectivity index (χ4v) is 5.51. The van der Waals surface area contributed by atoms with Crippen LogP contribution in [0.25, 0.3) is 0 Å². The third-order valence-electron chi connectivity index (χ3n) is 6.09. The summed E-state index contributed by atoms with van der Waals surface area (Å²) in [6.45, 7) is 5.25. The molecule has 3 amide bonds. The molecule has 8 nitrogen and oxygen atoms in total. The van der Waals surface area contributed by atoms with E-state index >= 15 is 0 Å². The van der Waals surface area contributed by atoms with Crippen LogP contribution in [0.5, 0.6) is 0 Å². The number of rotatable bonds is 10. The Morgan fingerprint density at radius 2 is 1.71 bits per heavy atom. The first-order valence-corrected chi connectivity index (χ1v) is 13.0. The average molecular weight is 504 g/mol. The van der Waals surface area contributed by atoms with Gasteiger partial charge in [-0.25, -0.2) is 17.1 Å². The van der Waals surface area contributed by atoms with E-state index in [4.69, 9.17) is 0 Å². The topological polar surface area (TPSA) is 104 Å². The second kappa shape index (κ2) is 11.0. The van der Waals surface area contributed by atoms with E-state index in [2.05, 4.69) is 5.32 Å². The zero-order valence-corrected chi connectivity index (χ0v) is 20.8. The van der Waals surface area contributed by atoms with Crippen LogP contribution in [0.1, 0.15) is 56.0 Å². The van der Waals surface area contributed by atoms with E-state index in [0.29, 0.717) is 22.7 Å². The summed E-state index contributed by atoms with van der Waals surface area (Å²) in [6.07, 6.45) is 0.735. The third-order valence-corrected chi connectivity index (χ3v) is 7.93. The minimum absolute atomic E-state index is 0.0342. The van der Waals surface area contributed by atoms with Crippen molar-refractivity contribution in [3.63, 3.8) is 0 Å². The predicted octanol–water partition coefficient (Wildman–Crippen LogP) is 3.08. The largest absolute Gasteiger partial charge is 0.352 e. The van der Waals surface area contributed by atoms with Gasteiger partial charge in [0.1, 0.15) is 16.8 Å². The monoisotopic (exact) mass is 503 g/mol. The molecule has 2 aromatic rings. The number of hydrogen-bond donors (Lipinski definition) is 1. The van der Waals surface area contributed by atoms with Gasteiger partial charge in [0.05, 0.1) is 5.56 Å². The molecule has 2 aromatic carbocycles. The number of carbonyl (C=O) groups is 3. The molecule has 10 heteroatoms. The van der Waals surface area contributed by atoms with Gasteiger partial charge in [-0.15, -0.1) is 0 Å².